The highest BCUT2D eigenvalue weighted by atomic mass is 32.2. The van der Waals surface area contributed by atoms with Crippen LogP contribution in [0.1, 0.15) is 91.4 Å². The summed E-state index contributed by atoms with van der Waals surface area (Å²) in [6.45, 7) is 5.82. The molecule has 1 aromatic carbocycles. The topological polar surface area (TPSA) is 95.7 Å². The summed E-state index contributed by atoms with van der Waals surface area (Å²) in [6.07, 6.45) is 11.5. The van der Waals surface area contributed by atoms with Crippen LogP contribution in [-0.4, -0.2) is 35.8 Å². The third-order valence-electron chi connectivity index (χ3n) is 6.94. The first-order valence-electron chi connectivity index (χ1n) is 13.2. The Kier molecular flexibility index (Phi) is 12.7. The van der Waals surface area contributed by atoms with Gasteiger partial charge in [0.1, 0.15) is 17.3 Å². The largest absolute Gasteiger partial charge is 0.461 e. The molecule has 1 fully saturated rings. The average molecular weight is 506 g/mol. The van der Waals surface area contributed by atoms with Crippen molar-refractivity contribution in [2.24, 2.45) is 17.1 Å². The Labute approximate surface area is 215 Å². The van der Waals surface area contributed by atoms with Crippen LogP contribution >= 0.6 is 11.8 Å². The molecule has 0 aliphatic carbocycles. The van der Waals surface area contributed by atoms with Crippen LogP contribution < -0.4 is 5.73 Å². The van der Waals surface area contributed by atoms with E-state index in [1.54, 1.807) is 0 Å². The number of carbonyl (C=O) groups excluding carboxylic acids is 3. The van der Waals surface area contributed by atoms with Crippen LogP contribution in [-0.2, 0) is 23.9 Å². The van der Waals surface area contributed by atoms with Crippen LogP contribution in [0, 0.1) is 11.3 Å². The van der Waals surface area contributed by atoms with Crippen molar-refractivity contribution in [2.45, 2.75) is 108 Å². The van der Waals surface area contributed by atoms with E-state index in [0.29, 0.717) is 6.42 Å². The molecule has 0 aromatic heterocycles. The zero-order valence-electron chi connectivity index (χ0n) is 21.6. The lowest BCUT2D eigenvalue weighted by molar-refractivity contribution is -0.182. The number of thioether (sulfide) groups is 1. The number of cyclic esters (lactones) is 1. The van der Waals surface area contributed by atoms with Gasteiger partial charge in [0.15, 0.2) is 6.10 Å². The molecule has 1 heterocycles. The molecule has 7 heteroatoms. The van der Waals surface area contributed by atoms with Crippen molar-refractivity contribution < 1.29 is 23.9 Å². The van der Waals surface area contributed by atoms with Gasteiger partial charge < -0.3 is 15.2 Å². The van der Waals surface area contributed by atoms with Gasteiger partial charge in [0.25, 0.3) is 0 Å². The van der Waals surface area contributed by atoms with Crippen LogP contribution in [0.3, 0.4) is 0 Å². The molecule has 1 aromatic rings. The fourth-order valence-corrected chi connectivity index (χ4v) is 5.61. The molecule has 1 aliphatic rings. The third kappa shape index (κ3) is 8.55. The third-order valence-corrected chi connectivity index (χ3v) is 8.23. The number of unbranched alkanes of at least 4 members (excludes halogenated alkanes) is 9. The molecule has 0 bridgehead atoms. The average Bonchev–Trinajstić information content (AvgIpc) is 2.83. The number of hydrogen-bond acceptors (Lipinski definition) is 6. The molecule has 35 heavy (non-hydrogen) atoms. The highest BCUT2D eigenvalue weighted by molar-refractivity contribution is 8.00. The Balaban J connectivity index is 1.82. The smallest absolute Gasteiger partial charge is 0.323 e. The van der Waals surface area contributed by atoms with E-state index >= 15 is 0 Å². The van der Waals surface area contributed by atoms with E-state index in [2.05, 4.69) is 6.92 Å². The van der Waals surface area contributed by atoms with Crippen molar-refractivity contribution in [3.05, 3.63) is 30.3 Å². The summed E-state index contributed by atoms with van der Waals surface area (Å²) in [4.78, 5) is 38.6. The highest BCUT2D eigenvalue weighted by Gasteiger charge is 2.50. The van der Waals surface area contributed by atoms with Gasteiger partial charge in [-0.05, 0) is 24.5 Å². The van der Waals surface area contributed by atoms with Gasteiger partial charge in [-0.2, -0.15) is 0 Å². The Bertz CT molecular complexity index is 800. The minimum absolute atomic E-state index is 0.0745. The molecule has 0 spiro atoms. The second kappa shape index (κ2) is 15.2. The molecule has 0 saturated carbocycles. The van der Waals surface area contributed by atoms with Crippen molar-refractivity contribution >= 4 is 29.6 Å². The summed E-state index contributed by atoms with van der Waals surface area (Å²) in [5.41, 5.74) is 4.40. The highest BCUT2D eigenvalue weighted by Crippen LogP contribution is 2.37. The van der Waals surface area contributed by atoms with E-state index in [9.17, 15) is 14.4 Å². The predicted octanol–water partition coefficient (Wildman–Crippen LogP) is 6.05. The predicted molar refractivity (Wildman–Crippen MR) is 140 cm³/mol. The number of rotatable bonds is 18. The number of esters is 2. The van der Waals surface area contributed by atoms with E-state index in [1.807, 2.05) is 44.2 Å². The van der Waals surface area contributed by atoms with Gasteiger partial charge in [0, 0.05) is 4.90 Å². The van der Waals surface area contributed by atoms with Crippen LogP contribution in [0.2, 0.25) is 0 Å². The molecule has 1 saturated heterocycles. The van der Waals surface area contributed by atoms with E-state index in [1.165, 1.54) is 56.7 Å². The minimum atomic E-state index is -1.37. The van der Waals surface area contributed by atoms with Crippen molar-refractivity contribution in [3.8, 4) is 0 Å². The molecule has 2 rings (SSSR count). The standard InChI is InChI=1S/C28H43NO5S/c1-4-5-6-7-8-9-10-11-12-16-19-28(21(2)3,26(29)31)27(32)33-20-23-24(25(30)34-23)35-22-17-14-13-15-18-22/h13-15,17-18,21,23-24H,4-12,16,19-20H2,1-3H3,(H2,29,31)/t23-,24-,28-/m0/s1. The number of amides is 1. The Hall–Kier alpha value is -2.02. The van der Waals surface area contributed by atoms with Gasteiger partial charge in [0.05, 0.1) is 0 Å². The van der Waals surface area contributed by atoms with E-state index in [0.717, 1.165) is 24.2 Å². The Morgan fingerprint density at radius 1 is 1.00 bits per heavy atom. The SMILES string of the molecule is CCCCCCCCCCCC[C@](C(N)=O)(C(=O)OC[C@@H]1OC(=O)[C@H]1Sc1ccccc1)C(C)C. The second-order valence-corrected chi connectivity index (χ2v) is 11.1. The number of primary amides is 1. The summed E-state index contributed by atoms with van der Waals surface area (Å²) >= 11 is 1.39. The number of nitrogens with two attached hydrogens (primary N) is 1. The first-order valence-corrected chi connectivity index (χ1v) is 14.1. The number of carbonyl (C=O) groups is 3. The normalized spacial score (nSPS) is 19.0. The number of benzene rings is 1. The van der Waals surface area contributed by atoms with Gasteiger partial charge in [0.2, 0.25) is 5.91 Å². The number of hydrogen-bond donors (Lipinski definition) is 1. The lowest BCUT2D eigenvalue weighted by Crippen LogP contribution is -2.53. The fourth-order valence-electron chi connectivity index (χ4n) is 4.56. The maximum Gasteiger partial charge on any atom is 0.323 e. The quantitative estimate of drug-likeness (QED) is 0.148. The zero-order valence-corrected chi connectivity index (χ0v) is 22.4. The van der Waals surface area contributed by atoms with E-state index < -0.39 is 28.6 Å². The van der Waals surface area contributed by atoms with Crippen LogP contribution in [0.5, 0.6) is 0 Å². The summed E-state index contributed by atoms with van der Waals surface area (Å²) in [5, 5.41) is -0.436. The maximum absolute atomic E-state index is 13.2. The van der Waals surface area contributed by atoms with Crippen LogP contribution in [0.15, 0.2) is 35.2 Å². The summed E-state index contributed by atoms with van der Waals surface area (Å²) in [7, 11) is 0. The van der Waals surface area contributed by atoms with Gasteiger partial charge in [-0.1, -0.05) is 103 Å². The van der Waals surface area contributed by atoms with Crippen molar-refractivity contribution in [1.29, 1.82) is 0 Å². The molecule has 0 radical (unpaired) electrons. The molecule has 196 valence electrons. The van der Waals surface area contributed by atoms with Crippen LogP contribution in [0.25, 0.3) is 0 Å². The van der Waals surface area contributed by atoms with Crippen molar-refractivity contribution in [1.82, 2.24) is 0 Å². The van der Waals surface area contributed by atoms with E-state index in [4.69, 9.17) is 15.2 Å². The molecule has 6 nitrogen and oxygen atoms in total. The lowest BCUT2D eigenvalue weighted by Gasteiger charge is -2.36. The first kappa shape index (κ1) is 29.2. The lowest BCUT2D eigenvalue weighted by atomic mass is 9.72. The zero-order chi connectivity index (χ0) is 25.7. The maximum atomic E-state index is 13.2. The van der Waals surface area contributed by atoms with Crippen molar-refractivity contribution in [3.63, 3.8) is 0 Å². The monoisotopic (exact) mass is 505 g/mol. The summed E-state index contributed by atoms with van der Waals surface area (Å²) in [5.74, 6) is -1.86. The Morgan fingerprint density at radius 3 is 2.09 bits per heavy atom. The first-order chi connectivity index (χ1) is 16.8. The van der Waals surface area contributed by atoms with Gasteiger partial charge >= 0.3 is 11.9 Å². The Morgan fingerprint density at radius 2 is 1.57 bits per heavy atom. The molecule has 1 aliphatic heterocycles. The molecule has 0 unspecified atom stereocenters. The van der Waals surface area contributed by atoms with Gasteiger partial charge in [-0.25, -0.2) is 0 Å². The molecular formula is C28H43NO5S. The molecule has 2 N–H and O–H groups in total. The summed E-state index contributed by atoms with van der Waals surface area (Å²) in [6, 6.07) is 9.55. The summed E-state index contributed by atoms with van der Waals surface area (Å²) < 4.78 is 10.8. The molecule has 1 amide bonds. The molecule has 3 atom stereocenters. The fraction of sp³-hybridized carbons (Fsp3) is 0.679. The van der Waals surface area contributed by atoms with Gasteiger partial charge in [-0.3, -0.25) is 14.4 Å². The van der Waals surface area contributed by atoms with Gasteiger partial charge in [-0.15, -0.1) is 11.8 Å². The minimum Gasteiger partial charge on any atom is -0.461 e. The van der Waals surface area contributed by atoms with Crippen LogP contribution in [0.4, 0.5) is 0 Å². The molecular weight excluding hydrogens is 462 g/mol. The second-order valence-electron chi connectivity index (χ2n) is 9.85. The number of ether oxygens (including phenoxy) is 2. The van der Waals surface area contributed by atoms with E-state index in [-0.39, 0.29) is 18.5 Å². The van der Waals surface area contributed by atoms with Crippen molar-refractivity contribution in [2.75, 3.05) is 6.61 Å².